The molecule has 0 atom stereocenters. The third-order valence-corrected chi connectivity index (χ3v) is 1.37. The van der Waals surface area contributed by atoms with Crippen LogP contribution in [0.2, 0.25) is 0 Å². The van der Waals surface area contributed by atoms with Gasteiger partial charge in [0.1, 0.15) is 0 Å². The van der Waals surface area contributed by atoms with Gasteiger partial charge in [-0.25, -0.2) is 0 Å². The molecule has 0 aromatic carbocycles. The third kappa shape index (κ3) is 1.96. The van der Waals surface area contributed by atoms with E-state index >= 15 is 0 Å². The average molecular weight is 126 g/mol. The third-order valence-electron chi connectivity index (χ3n) is 1.37. The Morgan fingerprint density at radius 3 is 3.22 bits per heavy atom. The summed E-state index contributed by atoms with van der Waals surface area (Å²) < 4.78 is 0. The molecule has 0 unspecified atom stereocenters. The molecule has 1 aliphatic rings. The normalized spacial score (nSPS) is 16.8. The lowest BCUT2D eigenvalue weighted by Gasteiger charge is -2.04. The van der Waals surface area contributed by atoms with Crippen LogP contribution in [0.25, 0.3) is 0 Å². The highest BCUT2D eigenvalue weighted by Crippen LogP contribution is 1.95. The first kappa shape index (κ1) is 6.46. The second kappa shape index (κ2) is 3.38. The van der Waals surface area contributed by atoms with Crippen molar-refractivity contribution in [1.82, 2.24) is 10.6 Å². The van der Waals surface area contributed by atoms with Crippen molar-refractivity contribution in [1.29, 1.82) is 0 Å². The van der Waals surface area contributed by atoms with Gasteiger partial charge in [0.05, 0.1) is 5.82 Å². The van der Waals surface area contributed by atoms with Gasteiger partial charge in [-0.2, -0.15) is 0 Å². The molecule has 0 amide bonds. The molecule has 0 saturated heterocycles. The van der Waals surface area contributed by atoms with E-state index in [4.69, 9.17) is 0 Å². The summed E-state index contributed by atoms with van der Waals surface area (Å²) in [5, 5.41) is 6.52. The highest BCUT2D eigenvalue weighted by atomic mass is 15.1. The monoisotopic (exact) mass is 126 g/mol. The van der Waals surface area contributed by atoms with E-state index in [2.05, 4.69) is 23.6 Å². The Hall–Kier alpha value is -0.660. The van der Waals surface area contributed by atoms with E-state index in [-0.39, 0.29) is 0 Å². The summed E-state index contributed by atoms with van der Waals surface area (Å²) in [6.45, 7) is 4.35. The molecule has 1 heterocycles. The van der Waals surface area contributed by atoms with Crippen LogP contribution in [0.4, 0.5) is 0 Å². The molecular weight excluding hydrogens is 112 g/mol. The van der Waals surface area contributed by atoms with Gasteiger partial charge in [0.25, 0.3) is 0 Å². The van der Waals surface area contributed by atoms with Crippen LogP contribution in [0.3, 0.4) is 0 Å². The maximum absolute atomic E-state index is 3.28. The van der Waals surface area contributed by atoms with Gasteiger partial charge in [0, 0.05) is 13.1 Å². The Morgan fingerprint density at radius 1 is 1.78 bits per heavy atom. The lowest BCUT2D eigenvalue weighted by molar-refractivity contribution is 0.708. The lowest BCUT2D eigenvalue weighted by Crippen LogP contribution is -2.23. The molecule has 2 N–H and O–H groups in total. The molecular formula is C7H14N2. The minimum Gasteiger partial charge on any atom is -0.372 e. The lowest BCUT2D eigenvalue weighted by atomic mass is 10.4. The topological polar surface area (TPSA) is 24.1 Å². The Kier molecular flexibility index (Phi) is 2.43. The summed E-state index contributed by atoms with van der Waals surface area (Å²) in [6, 6.07) is 0. The summed E-state index contributed by atoms with van der Waals surface area (Å²) in [7, 11) is 0. The first-order valence-corrected chi connectivity index (χ1v) is 3.61. The van der Waals surface area contributed by atoms with Gasteiger partial charge in [0.15, 0.2) is 0 Å². The molecule has 1 aliphatic heterocycles. The fourth-order valence-electron chi connectivity index (χ4n) is 0.890. The molecule has 0 bridgehead atoms. The molecule has 0 saturated carbocycles. The van der Waals surface area contributed by atoms with Gasteiger partial charge in [-0.1, -0.05) is 6.92 Å². The Morgan fingerprint density at radius 2 is 2.67 bits per heavy atom. The van der Waals surface area contributed by atoms with Crippen molar-refractivity contribution in [2.75, 3.05) is 13.1 Å². The molecule has 2 nitrogen and oxygen atoms in total. The van der Waals surface area contributed by atoms with Gasteiger partial charge >= 0.3 is 0 Å². The average Bonchev–Trinajstić information content (AvgIpc) is 2.34. The minimum absolute atomic E-state index is 1.08. The molecule has 0 radical (unpaired) electrons. The first-order valence-electron chi connectivity index (χ1n) is 3.61. The fraction of sp³-hybridized carbons (Fsp3) is 0.714. The molecule has 2 heteroatoms. The van der Waals surface area contributed by atoms with Crippen LogP contribution in [0.5, 0.6) is 0 Å². The molecule has 0 aliphatic carbocycles. The predicted octanol–water partition coefficient (Wildman–Crippen LogP) is 0.821. The van der Waals surface area contributed by atoms with Gasteiger partial charge < -0.3 is 10.6 Å². The van der Waals surface area contributed by atoms with Gasteiger partial charge in [-0.05, 0) is 18.9 Å². The molecule has 52 valence electrons. The molecule has 9 heavy (non-hydrogen) atoms. The summed E-state index contributed by atoms with van der Waals surface area (Å²) in [4.78, 5) is 0. The number of nitrogens with one attached hydrogen (secondary N) is 2. The molecule has 0 fully saturated rings. The van der Waals surface area contributed by atoms with Crippen molar-refractivity contribution in [2.24, 2.45) is 0 Å². The standard InChI is InChI=1S/C7H14N2/c1-2-5-8-7-4-3-6-9-7/h4,8-9H,2-3,5-6H2,1H3. The van der Waals surface area contributed by atoms with Gasteiger partial charge in [-0.15, -0.1) is 0 Å². The zero-order chi connectivity index (χ0) is 6.53. The van der Waals surface area contributed by atoms with Crippen LogP contribution in [-0.4, -0.2) is 13.1 Å². The van der Waals surface area contributed by atoms with Crippen LogP contribution < -0.4 is 10.6 Å². The SMILES string of the molecule is CCCNC1=CCCN1. The van der Waals surface area contributed by atoms with E-state index in [1.807, 2.05) is 0 Å². The smallest absolute Gasteiger partial charge is 0.0946 e. The van der Waals surface area contributed by atoms with Crippen molar-refractivity contribution in [3.63, 3.8) is 0 Å². The highest BCUT2D eigenvalue weighted by molar-refractivity contribution is 5.02. The van der Waals surface area contributed by atoms with Crippen LogP contribution in [0.15, 0.2) is 11.9 Å². The van der Waals surface area contributed by atoms with E-state index in [1.54, 1.807) is 0 Å². The molecule has 0 aromatic heterocycles. The van der Waals surface area contributed by atoms with Crippen molar-refractivity contribution >= 4 is 0 Å². The highest BCUT2D eigenvalue weighted by Gasteiger charge is 1.98. The van der Waals surface area contributed by atoms with E-state index in [9.17, 15) is 0 Å². The van der Waals surface area contributed by atoms with Crippen LogP contribution in [0.1, 0.15) is 19.8 Å². The van der Waals surface area contributed by atoms with E-state index < -0.39 is 0 Å². The number of hydrogen-bond donors (Lipinski definition) is 2. The summed E-state index contributed by atoms with van der Waals surface area (Å²) in [5.74, 6) is 1.22. The summed E-state index contributed by atoms with van der Waals surface area (Å²) in [6.07, 6.45) is 4.57. The zero-order valence-electron chi connectivity index (χ0n) is 5.91. The fourth-order valence-corrected chi connectivity index (χ4v) is 0.890. The van der Waals surface area contributed by atoms with E-state index in [0.29, 0.717) is 0 Å². The molecule has 0 aromatic rings. The quantitative estimate of drug-likeness (QED) is 0.585. The van der Waals surface area contributed by atoms with Crippen molar-refractivity contribution in [2.45, 2.75) is 19.8 Å². The largest absolute Gasteiger partial charge is 0.372 e. The van der Waals surface area contributed by atoms with Crippen LogP contribution in [-0.2, 0) is 0 Å². The van der Waals surface area contributed by atoms with Crippen LogP contribution >= 0.6 is 0 Å². The Bertz CT molecular complexity index is 107. The maximum Gasteiger partial charge on any atom is 0.0946 e. The Labute approximate surface area is 56.3 Å². The molecule has 1 rings (SSSR count). The predicted molar refractivity (Wildman–Crippen MR) is 39.0 cm³/mol. The minimum atomic E-state index is 1.08. The number of hydrogen-bond acceptors (Lipinski definition) is 2. The van der Waals surface area contributed by atoms with Crippen LogP contribution in [0, 0.1) is 0 Å². The van der Waals surface area contributed by atoms with Gasteiger partial charge in [-0.3, -0.25) is 0 Å². The summed E-state index contributed by atoms with van der Waals surface area (Å²) >= 11 is 0. The maximum atomic E-state index is 3.28. The summed E-state index contributed by atoms with van der Waals surface area (Å²) in [5.41, 5.74) is 0. The van der Waals surface area contributed by atoms with Crippen molar-refractivity contribution in [3.8, 4) is 0 Å². The second-order valence-electron chi connectivity index (χ2n) is 2.26. The Balaban J connectivity index is 2.11. The second-order valence-corrected chi connectivity index (χ2v) is 2.26. The van der Waals surface area contributed by atoms with E-state index in [1.165, 1.54) is 18.7 Å². The van der Waals surface area contributed by atoms with E-state index in [0.717, 1.165) is 13.1 Å². The first-order chi connectivity index (χ1) is 4.43. The van der Waals surface area contributed by atoms with Gasteiger partial charge in [0.2, 0.25) is 0 Å². The molecule has 0 spiro atoms. The van der Waals surface area contributed by atoms with Crippen molar-refractivity contribution in [3.05, 3.63) is 11.9 Å². The van der Waals surface area contributed by atoms with Crippen molar-refractivity contribution < 1.29 is 0 Å². The zero-order valence-corrected chi connectivity index (χ0v) is 5.91. The number of rotatable bonds is 3.